The normalized spacial score (nSPS) is 14.9. The van der Waals surface area contributed by atoms with Crippen molar-refractivity contribution in [2.24, 2.45) is 0 Å². The minimum atomic E-state index is 0.705. The highest BCUT2D eigenvalue weighted by molar-refractivity contribution is 5.81. The lowest BCUT2D eigenvalue weighted by molar-refractivity contribution is 0.304. The van der Waals surface area contributed by atoms with E-state index in [1.807, 2.05) is 12.5 Å². The minimum absolute atomic E-state index is 0.705. The maximum atomic E-state index is 4.33. The van der Waals surface area contributed by atoms with Gasteiger partial charge in [0.1, 0.15) is 0 Å². The van der Waals surface area contributed by atoms with Crippen LogP contribution in [0.3, 0.4) is 0 Å². The first kappa shape index (κ1) is 14.5. The van der Waals surface area contributed by atoms with E-state index in [1.165, 1.54) is 35.1 Å². The van der Waals surface area contributed by atoms with Crippen molar-refractivity contribution in [1.29, 1.82) is 0 Å². The number of nitrogens with zero attached hydrogens (tertiary/aromatic N) is 4. The molecule has 0 unspecified atom stereocenters. The van der Waals surface area contributed by atoms with E-state index in [-0.39, 0.29) is 0 Å². The van der Waals surface area contributed by atoms with Gasteiger partial charge in [0.25, 0.3) is 0 Å². The lowest BCUT2D eigenvalue weighted by atomic mass is 10.2. The van der Waals surface area contributed by atoms with Crippen LogP contribution in [0.25, 0.3) is 10.9 Å². The summed E-state index contributed by atoms with van der Waals surface area (Å²) in [4.78, 5) is 6.73. The first-order chi connectivity index (χ1) is 11.2. The summed E-state index contributed by atoms with van der Waals surface area (Å²) < 4.78 is 4.77. The molecule has 2 heterocycles. The second kappa shape index (κ2) is 5.85. The quantitative estimate of drug-likeness (QED) is 0.695. The van der Waals surface area contributed by atoms with Crippen LogP contribution in [0.15, 0.2) is 42.9 Å². The molecular formula is C19H24N4. The second-order valence-electron chi connectivity index (χ2n) is 6.76. The Bertz CT molecular complexity index is 810. The van der Waals surface area contributed by atoms with Crippen molar-refractivity contribution in [2.45, 2.75) is 38.9 Å². The van der Waals surface area contributed by atoms with Crippen molar-refractivity contribution in [3.63, 3.8) is 0 Å². The lowest BCUT2D eigenvalue weighted by Crippen LogP contribution is -2.24. The predicted octanol–water partition coefficient (Wildman–Crippen LogP) is 3.61. The summed E-state index contributed by atoms with van der Waals surface area (Å²) in [5.74, 6) is 0. The van der Waals surface area contributed by atoms with Crippen molar-refractivity contribution in [1.82, 2.24) is 19.0 Å². The van der Waals surface area contributed by atoms with E-state index in [9.17, 15) is 0 Å². The fourth-order valence-electron chi connectivity index (χ4n) is 3.41. The van der Waals surface area contributed by atoms with E-state index >= 15 is 0 Å². The van der Waals surface area contributed by atoms with Gasteiger partial charge in [0.15, 0.2) is 0 Å². The fraction of sp³-hybridized carbons (Fsp3) is 0.421. The number of aromatic nitrogens is 3. The molecular weight excluding hydrogens is 284 g/mol. The number of rotatable bonds is 6. The van der Waals surface area contributed by atoms with Gasteiger partial charge in [-0.2, -0.15) is 0 Å². The van der Waals surface area contributed by atoms with Crippen molar-refractivity contribution >= 4 is 10.9 Å². The van der Waals surface area contributed by atoms with E-state index in [4.69, 9.17) is 0 Å². The Balaban J connectivity index is 1.43. The summed E-state index contributed by atoms with van der Waals surface area (Å²) in [6, 6.07) is 11.6. The SMILES string of the molecule is Cc1cc2ccccc2n1CCN(C)Cc1cncn1C1CC1. The van der Waals surface area contributed by atoms with E-state index in [2.05, 4.69) is 63.3 Å². The highest BCUT2D eigenvalue weighted by atomic mass is 15.2. The molecule has 0 atom stereocenters. The highest BCUT2D eigenvalue weighted by Gasteiger charge is 2.25. The smallest absolute Gasteiger partial charge is 0.0951 e. The molecule has 0 bridgehead atoms. The Labute approximate surface area is 137 Å². The molecule has 2 aromatic heterocycles. The summed E-state index contributed by atoms with van der Waals surface area (Å²) in [6.45, 7) is 5.22. The number of benzene rings is 1. The molecule has 120 valence electrons. The number of hydrogen-bond donors (Lipinski definition) is 0. The zero-order valence-corrected chi connectivity index (χ0v) is 13.9. The molecule has 3 aromatic rings. The van der Waals surface area contributed by atoms with Crippen LogP contribution in [-0.4, -0.2) is 32.6 Å². The van der Waals surface area contributed by atoms with Crippen molar-refractivity contribution in [3.05, 3.63) is 54.2 Å². The molecule has 4 rings (SSSR count). The average Bonchev–Trinajstić information content (AvgIpc) is 3.20. The molecule has 0 saturated heterocycles. The molecule has 1 fully saturated rings. The maximum Gasteiger partial charge on any atom is 0.0951 e. The first-order valence-corrected chi connectivity index (χ1v) is 8.46. The van der Waals surface area contributed by atoms with Crippen molar-refractivity contribution < 1.29 is 0 Å². The summed E-state index contributed by atoms with van der Waals surface area (Å²) in [5, 5.41) is 1.33. The van der Waals surface area contributed by atoms with E-state index in [1.54, 1.807) is 0 Å². The van der Waals surface area contributed by atoms with Gasteiger partial charge < -0.3 is 9.13 Å². The summed E-state index contributed by atoms with van der Waals surface area (Å²) in [5.41, 5.74) is 4.01. The first-order valence-electron chi connectivity index (χ1n) is 8.46. The van der Waals surface area contributed by atoms with Crippen molar-refractivity contribution in [3.8, 4) is 0 Å². The van der Waals surface area contributed by atoms with Gasteiger partial charge in [-0.05, 0) is 44.3 Å². The number of aryl methyl sites for hydroxylation is 1. The average molecular weight is 308 g/mol. The van der Waals surface area contributed by atoms with Crippen LogP contribution in [0.5, 0.6) is 0 Å². The Hall–Kier alpha value is -2.07. The number of fused-ring (bicyclic) bond motifs is 1. The van der Waals surface area contributed by atoms with Gasteiger partial charge in [-0.15, -0.1) is 0 Å². The van der Waals surface area contributed by atoms with Crippen LogP contribution < -0.4 is 0 Å². The number of para-hydroxylation sites is 1. The largest absolute Gasteiger partial charge is 0.344 e. The Morgan fingerprint density at radius 3 is 2.91 bits per heavy atom. The zero-order valence-electron chi connectivity index (χ0n) is 13.9. The van der Waals surface area contributed by atoms with Crippen LogP contribution in [0, 0.1) is 6.92 Å². The maximum absolute atomic E-state index is 4.33. The van der Waals surface area contributed by atoms with Gasteiger partial charge in [0.2, 0.25) is 0 Å². The second-order valence-corrected chi connectivity index (χ2v) is 6.76. The van der Waals surface area contributed by atoms with Gasteiger partial charge in [0.05, 0.1) is 12.0 Å². The number of likely N-dealkylation sites (N-methyl/N-ethyl adjacent to an activating group) is 1. The van der Waals surface area contributed by atoms with Gasteiger partial charge >= 0.3 is 0 Å². The molecule has 0 radical (unpaired) electrons. The zero-order chi connectivity index (χ0) is 15.8. The van der Waals surface area contributed by atoms with Crippen LogP contribution in [-0.2, 0) is 13.1 Å². The molecule has 0 aliphatic heterocycles. The molecule has 23 heavy (non-hydrogen) atoms. The van der Waals surface area contributed by atoms with Crippen LogP contribution >= 0.6 is 0 Å². The van der Waals surface area contributed by atoms with Gasteiger partial charge in [-0.1, -0.05) is 18.2 Å². The Morgan fingerprint density at radius 1 is 1.26 bits per heavy atom. The van der Waals surface area contributed by atoms with Crippen LogP contribution in [0.2, 0.25) is 0 Å². The molecule has 4 heteroatoms. The van der Waals surface area contributed by atoms with Crippen LogP contribution in [0.4, 0.5) is 0 Å². The highest BCUT2D eigenvalue weighted by Crippen LogP contribution is 2.35. The summed E-state index contributed by atoms with van der Waals surface area (Å²) in [6.07, 6.45) is 6.62. The molecule has 1 saturated carbocycles. The molecule has 1 aromatic carbocycles. The fourth-order valence-corrected chi connectivity index (χ4v) is 3.41. The topological polar surface area (TPSA) is 26.0 Å². The molecule has 0 amide bonds. The Kier molecular flexibility index (Phi) is 3.69. The van der Waals surface area contributed by atoms with Gasteiger partial charge in [-0.25, -0.2) is 4.98 Å². The Morgan fingerprint density at radius 2 is 2.09 bits per heavy atom. The standard InChI is InChI=1S/C19H24N4/c1-15-11-16-5-3-4-6-19(16)22(15)10-9-21(2)13-18-12-20-14-23(18)17-7-8-17/h3-6,11-12,14,17H,7-10,13H2,1-2H3. The third-order valence-corrected chi connectivity index (χ3v) is 4.84. The minimum Gasteiger partial charge on any atom is -0.344 e. The monoisotopic (exact) mass is 308 g/mol. The van der Waals surface area contributed by atoms with Crippen molar-refractivity contribution in [2.75, 3.05) is 13.6 Å². The predicted molar refractivity (Wildman–Crippen MR) is 93.5 cm³/mol. The molecule has 1 aliphatic rings. The van der Waals surface area contributed by atoms with E-state index in [0.717, 1.165) is 19.6 Å². The number of imidazole rings is 1. The third kappa shape index (κ3) is 2.91. The summed E-state index contributed by atoms with van der Waals surface area (Å²) >= 11 is 0. The molecule has 0 N–H and O–H groups in total. The van der Waals surface area contributed by atoms with Gasteiger partial charge in [0, 0.05) is 43.1 Å². The lowest BCUT2D eigenvalue weighted by Gasteiger charge is -2.19. The molecule has 4 nitrogen and oxygen atoms in total. The number of hydrogen-bond acceptors (Lipinski definition) is 2. The van der Waals surface area contributed by atoms with E-state index < -0.39 is 0 Å². The molecule has 0 spiro atoms. The van der Waals surface area contributed by atoms with Crippen LogP contribution in [0.1, 0.15) is 30.3 Å². The van der Waals surface area contributed by atoms with E-state index in [0.29, 0.717) is 6.04 Å². The molecule has 1 aliphatic carbocycles. The summed E-state index contributed by atoms with van der Waals surface area (Å²) in [7, 11) is 2.20. The third-order valence-electron chi connectivity index (χ3n) is 4.84. The van der Waals surface area contributed by atoms with Gasteiger partial charge in [-0.3, -0.25) is 4.90 Å².